The van der Waals surface area contributed by atoms with Crippen LogP contribution in [-0.2, 0) is 4.79 Å². The summed E-state index contributed by atoms with van der Waals surface area (Å²) in [6.07, 6.45) is 13.4. The van der Waals surface area contributed by atoms with Crippen molar-refractivity contribution in [2.24, 2.45) is 16.6 Å². The number of methoxy groups -OCH3 is 1. The third-order valence-corrected chi connectivity index (χ3v) is 7.90. The number of nitrogens with two attached hydrogens (primary N) is 1. The summed E-state index contributed by atoms with van der Waals surface area (Å²) < 4.78 is 5.60. The van der Waals surface area contributed by atoms with Crippen molar-refractivity contribution in [1.29, 1.82) is 0 Å². The number of nitrogens with one attached hydrogen (secondary N) is 3. The van der Waals surface area contributed by atoms with Crippen LogP contribution in [0.25, 0.3) is 0 Å². The quantitative estimate of drug-likeness (QED) is 0.369. The Morgan fingerprint density at radius 2 is 2.02 bits per heavy atom. The van der Waals surface area contributed by atoms with Crippen molar-refractivity contribution < 1.29 is 14.3 Å². The molecule has 5 N–H and O–H groups in total. The first-order chi connectivity index (χ1) is 19.4. The number of ether oxygens (including phenoxy) is 1. The van der Waals surface area contributed by atoms with Crippen LogP contribution < -0.4 is 26.4 Å². The fourth-order valence-corrected chi connectivity index (χ4v) is 5.71. The summed E-state index contributed by atoms with van der Waals surface area (Å²) in [7, 11) is 3.25. The van der Waals surface area contributed by atoms with Crippen LogP contribution in [0.4, 0.5) is 5.69 Å². The number of piperidine rings is 1. The predicted molar refractivity (Wildman–Crippen MR) is 157 cm³/mol. The van der Waals surface area contributed by atoms with Crippen LogP contribution in [0.2, 0.25) is 0 Å². The summed E-state index contributed by atoms with van der Waals surface area (Å²) in [4.78, 5) is 34.7. The molecule has 0 bridgehead atoms. The number of rotatable bonds is 8. The van der Waals surface area contributed by atoms with Crippen molar-refractivity contribution in [3.05, 3.63) is 48.1 Å². The van der Waals surface area contributed by atoms with Gasteiger partial charge in [0.25, 0.3) is 5.91 Å². The van der Waals surface area contributed by atoms with Crippen molar-refractivity contribution >= 4 is 23.3 Å². The summed E-state index contributed by atoms with van der Waals surface area (Å²) in [5, 5.41) is 9.63. The van der Waals surface area contributed by atoms with E-state index >= 15 is 0 Å². The van der Waals surface area contributed by atoms with Gasteiger partial charge in [0.05, 0.1) is 18.7 Å². The molecule has 2 amide bonds. The van der Waals surface area contributed by atoms with Crippen LogP contribution in [0.1, 0.15) is 55.3 Å². The van der Waals surface area contributed by atoms with E-state index in [9.17, 15) is 9.59 Å². The summed E-state index contributed by atoms with van der Waals surface area (Å²) in [5.74, 6) is 3.50. The molecule has 1 aromatic rings. The Morgan fingerprint density at radius 1 is 1.30 bits per heavy atom. The molecule has 4 rings (SSSR count). The molecule has 1 aliphatic carbocycles. The molecule has 1 aromatic carbocycles. The van der Waals surface area contributed by atoms with Gasteiger partial charge in [-0.05, 0) is 57.0 Å². The van der Waals surface area contributed by atoms with Gasteiger partial charge in [0, 0.05) is 43.9 Å². The predicted octanol–water partition coefficient (Wildman–Crippen LogP) is 2.61. The summed E-state index contributed by atoms with van der Waals surface area (Å²) in [6.45, 7) is 6.40. The second kappa shape index (κ2) is 13.4. The Labute approximate surface area is 237 Å². The number of benzene rings is 1. The monoisotopic (exact) mass is 547 g/mol. The molecule has 2 heterocycles. The number of likely N-dealkylation sites (N-methyl/N-ethyl adjacent to an activating group) is 1. The summed E-state index contributed by atoms with van der Waals surface area (Å²) in [6, 6.07) is 5.62. The lowest BCUT2D eigenvalue weighted by Crippen LogP contribution is -2.42. The molecule has 1 unspecified atom stereocenters. The molecule has 40 heavy (non-hydrogen) atoms. The fraction of sp³-hybridized carbons (Fsp3) is 0.500. The average Bonchev–Trinajstić information content (AvgIpc) is 3.47. The number of nitrogens with zero attached hydrogens (tertiary/aromatic N) is 3. The fourth-order valence-electron chi connectivity index (χ4n) is 5.71. The van der Waals surface area contributed by atoms with E-state index < -0.39 is 0 Å². The minimum absolute atomic E-state index is 0.0820. The van der Waals surface area contributed by atoms with E-state index in [0.29, 0.717) is 47.3 Å². The normalized spacial score (nSPS) is 22.7. The van der Waals surface area contributed by atoms with Crippen molar-refractivity contribution in [2.75, 3.05) is 39.1 Å². The summed E-state index contributed by atoms with van der Waals surface area (Å²) >= 11 is 0. The SMILES string of the molecule is C#CCC1CN(C2CCCC2)C(=NC(=C)Nc2ccc(C(=O)NC3CCNCC3)cc2OC)/C(=C\N)N(C)C1=O. The smallest absolute Gasteiger partial charge is 0.251 e. The van der Waals surface area contributed by atoms with Gasteiger partial charge in [-0.1, -0.05) is 19.4 Å². The number of carbonyl (C=O) groups excluding carboxylic acids is 2. The minimum Gasteiger partial charge on any atom is -0.495 e. The zero-order valence-corrected chi connectivity index (χ0v) is 23.5. The van der Waals surface area contributed by atoms with Crippen molar-refractivity contribution in [1.82, 2.24) is 20.4 Å². The molecule has 214 valence electrons. The summed E-state index contributed by atoms with van der Waals surface area (Å²) in [5.41, 5.74) is 7.71. The molecule has 10 heteroatoms. The van der Waals surface area contributed by atoms with E-state index in [4.69, 9.17) is 21.9 Å². The Morgan fingerprint density at radius 3 is 2.67 bits per heavy atom. The highest BCUT2D eigenvalue weighted by Gasteiger charge is 2.38. The molecular weight excluding hydrogens is 506 g/mol. The Bertz CT molecular complexity index is 1210. The molecule has 3 fully saturated rings. The second-order valence-electron chi connectivity index (χ2n) is 10.6. The van der Waals surface area contributed by atoms with Crippen LogP contribution in [0.15, 0.2) is 47.5 Å². The first-order valence-electron chi connectivity index (χ1n) is 14.0. The molecule has 10 nitrogen and oxygen atoms in total. The molecule has 2 aliphatic heterocycles. The third kappa shape index (κ3) is 6.59. The van der Waals surface area contributed by atoms with Gasteiger partial charge in [-0.3, -0.25) is 9.59 Å². The van der Waals surface area contributed by atoms with E-state index in [0.717, 1.165) is 51.6 Å². The molecular formula is C30H41N7O3. The van der Waals surface area contributed by atoms with Gasteiger partial charge in [-0.25, -0.2) is 4.99 Å². The highest BCUT2D eigenvalue weighted by Crippen LogP contribution is 2.31. The minimum atomic E-state index is -0.358. The largest absolute Gasteiger partial charge is 0.495 e. The van der Waals surface area contributed by atoms with Gasteiger partial charge >= 0.3 is 0 Å². The Hall–Kier alpha value is -3.97. The van der Waals surface area contributed by atoms with Gasteiger partial charge < -0.3 is 36.2 Å². The number of carbonyl (C=O) groups is 2. The van der Waals surface area contributed by atoms with Gasteiger partial charge in [-0.15, -0.1) is 12.3 Å². The highest BCUT2D eigenvalue weighted by atomic mass is 16.5. The maximum absolute atomic E-state index is 13.2. The van der Waals surface area contributed by atoms with Gasteiger partial charge in [0.2, 0.25) is 5.91 Å². The maximum Gasteiger partial charge on any atom is 0.251 e. The van der Waals surface area contributed by atoms with Crippen LogP contribution in [0.3, 0.4) is 0 Å². The average molecular weight is 548 g/mol. The van der Waals surface area contributed by atoms with Gasteiger partial charge in [0.1, 0.15) is 17.3 Å². The van der Waals surface area contributed by atoms with E-state index in [-0.39, 0.29) is 29.8 Å². The van der Waals surface area contributed by atoms with E-state index in [1.165, 1.54) is 6.20 Å². The zero-order valence-electron chi connectivity index (χ0n) is 23.5. The first kappa shape index (κ1) is 29.0. The molecule has 3 aliphatic rings. The zero-order chi connectivity index (χ0) is 28.6. The van der Waals surface area contributed by atoms with Crippen molar-refractivity contribution in [3.8, 4) is 18.1 Å². The van der Waals surface area contributed by atoms with Crippen LogP contribution in [-0.4, -0.2) is 73.3 Å². The lowest BCUT2D eigenvalue weighted by atomic mass is 10.0. The standard InChI is InChI=1S/C30H41N7O3/c1-5-8-22-19-37(24-9-6-7-10-24)28(26(18-31)36(3)30(22)39)34-20(2)33-25-12-11-21(17-27(25)40-4)29(38)35-23-13-15-32-16-14-23/h1,11-12,17-18,22-24,32-33H,2,6-10,13-16,19,31H2,3-4H3,(H,35,38)/b26-18+,34-28?. The van der Waals surface area contributed by atoms with Crippen LogP contribution in [0.5, 0.6) is 5.75 Å². The third-order valence-electron chi connectivity index (χ3n) is 7.90. The number of hydrogen-bond donors (Lipinski definition) is 4. The van der Waals surface area contributed by atoms with Crippen LogP contribution in [0, 0.1) is 18.3 Å². The molecule has 0 radical (unpaired) electrons. The molecule has 2 saturated heterocycles. The molecule has 1 saturated carbocycles. The van der Waals surface area contributed by atoms with Gasteiger partial charge in [0.15, 0.2) is 5.84 Å². The maximum atomic E-state index is 13.2. The topological polar surface area (TPSA) is 124 Å². The number of aliphatic imine (C=N–C) groups is 1. The molecule has 0 aromatic heterocycles. The van der Waals surface area contributed by atoms with E-state index in [1.807, 2.05) is 0 Å². The number of amides is 2. The number of anilines is 1. The Kier molecular flexibility index (Phi) is 9.72. The van der Waals surface area contributed by atoms with Crippen molar-refractivity contribution in [3.63, 3.8) is 0 Å². The second-order valence-corrected chi connectivity index (χ2v) is 10.6. The lowest BCUT2D eigenvalue weighted by molar-refractivity contribution is -0.131. The first-order valence-corrected chi connectivity index (χ1v) is 14.0. The van der Waals surface area contributed by atoms with Crippen molar-refractivity contribution in [2.45, 2.75) is 57.0 Å². The number of hydrogen-bond acceptors (Lipinski definition) is 7. The number of amidine groups is 1. The lowest BCUT2D eigenvalue weighted by Gasteiger charge is -2.32. The number of terminal acetylenes is 1. The van der Waals surface area contributed by atoms with Gasteiger partial charge in [-0.2, -0.15) is 0 Å². The Balaban J connectivity index is 1.58. The molecule has 0 spiro atoms. The van der Waals surface area contributed by atoms with E-state index in [1.54, 1.807) is 37.3 Å². The van der Waals surface area contributed by atoms with E-state index in [2.05, 4.69) is 33.3 Å². The van der Waals surface area contributed by atoms with Crippen LogP contribution >= 0.6 is 0 Å². The molecule has 1 atom stereocenters. The highest BCUT2D eigenvalue weighted by molar-refractivity contribution is 6.04.